The summed E-state index contributed by atoms with van der Waals surface area (Å²) < 4.78 is 21.0. The zero-order valence-corrected chi connectivity index (χ0v) is 12.0. The van der Waals surface area contributed by atoms with E-state index < -0.39 is 0 Å². The number of hydrogen-bond donors (Lipinski definition) is 0. The molecule has 1 atom stereocenters. The van der Waals surface area contributed by atoms with Crippen molar-refractivity contribution in [2.45, 2.75) is 26.6 Å². The maximum absolute atomic E-state index is 10.6. The molecule has 0 saturated heterocycles. The third-order valence-corrected chi connectivity index (χ3v) is 2.49. The minimum absolute atomic E-state index is 0.0628. The van der Waals surface area contributed by atoms with Crippen molar-refractivity contribution in [3.63, 3.8) is 0 Å². The Labute approximate surface area is 119 Å². The molecule has 0 spiro atoms. The van der Waals surface area contributed by atoms with E-state index in [1.807, 2.05) is 37.3 Å². The average molecular weight is 282 g/mol. The number of rotatable bonds is 10. The Kier molecular flexibility index (Phi) is 8.62. The number of esters is 1. The molecule has 0 amide bonds. The Morgan fingerprint density at radius 2 is 1.85 bits per heavy atom. The first kappa shape index (κ1) is 16.6. The summed E-state index contributed by atoms with van der Waals surface area (Å²) in [5.74, 6) is -0.364. The minimum Gasteiger partial charge on any atom is -0.439 e. The lowest BCUT2D eigenvalue weighted by Gasteiger charge is -2.18. The molecule has 0 N–H and O–H groups in total. The van der Waals surface area contributed by atoms with Gasteiger partial charge in [-0.2, -0.15) is 0 Å². The molecule has 112 valence electrons. The van der Waals surface area contributed by atoms with Gasteiger partial charge in [-0.15, -0.1) is 0 Å². The molecule has 1 rings (SSSR count). The first-order valence-electron chi connectivity index (χ1n) is 6.66. The molecule has 0 heterocycles. The van der Waals surface area contributed by atoms with Crippen LogP contribution < -0.4 is 0 Å². The van der Waals surface area contributed by atoms with Crippen LogP contribution in [0.3, 0.4) is 0 Å². The molecular weight excluding hydrogens is 260 g/mol. The molecule has 0 bridgehead atoms. The monoisotopic (exact) mass is 282 g/mol. The van der Waals surface area contributed by atoms with Crippen LogP contribution in [0.2, 0.25) is 0 Å². The average Bonchev–Trinajstić information content (AvgIpc) is 2.46. The van der Waals surface area contributed by atoms with Crippen molar-refractivity contribution in [3.8, 4) is 0 Å². The Hall–Kier alpha value is -1.43. The summed E-state index contributed by atoms with van der Waals surface area (Å²) in [5.41, 5.74) is 1.09. The Morgan fingerprint density at radius 3 is 2.50 bits per heavy atom. The largest absolute Gasteiger partial charge is 0.439 e. The van der Waals surface area contributed by atoms with Gasteiger partial charge in [0.2, 0.25) is 0 Å². The number of benzene rings is 1. The number of ether oxygens (including phenoxy) is 4. The fourth-order valence-corrected chi connectivity index (χ4v) is 1.49. The van der Waals surface area contributed by atoms with E-state index in [1.54, 1.807) is 0 Å². The first-order chi connectivity index (χ1) is 9.72. The van der Waals surface area contributed by atoms with Crippen molar-refractivity contribution < 1.29 is 23.7 Å². The van der Waals surface area contributed by atoms with Crippen LogP contribution in [-0.4, -0.2) is 38.7 Å². The van der Waals surface area contributed by atoms with Crippen molar-refractivity contribution in [2.75, 3.05) is 26.6 Å². The van der Waals surface area contributed by atoms with E-state index in [4.69, 9.17) is 18.9 Å². The first-order valence-corrected chi connectivity index (χ1v) is 6.66. The fraction of sp³-hybridized carbons (Fsp3) is 0.533. The van der Waals surface area contributed by atoms with Gasteiger partial charge in [0.1, 0.15) is 6.10 Å². The topological polar surface area (TPSA) is 54.0 Å². The van der Waals surface area contributed by atoms with E-state index >= 15 is 0 Å². The summed E-state index contributed by atoms with van der Waals surface area (Å²) in [5, 5.41) is 0. The molecule has 0 aliphatic heterocycles. The van der Waals surface area contributed by atoms with E-state index in [-0.39, 0.29) is 18.9 Å². The molecule has 1 aromatic carbocycles. The maximum Gasteiger partial charge on any atom is 0.304 e. The molecule has 0 aromatic heterocycles. The Bertz CT molecular complexity index is 366. The van der Waals surface area contributed by atoms with Gasteiger partial charge >= 0.3 is 5.97 Å². The third-order valence-electron chi connectivity index (χ3n) is 2.49. The Balaban J connectivity index is 2.29. The lowest BCUT2D eigenvalue weighted by atomic mass is 10.2. The standard InChI is InChI=1S/C15H22O5/c1-3-17-10-15(11-18-12-20-13(2)16)19-9-14-7-5-4-6-8-14/h4-8,15H,3,9-12H2,1-2H3. The van der Waals surface area contributed by atoms with E-state index in [1.165, 1.54) is 6.92 Å². The Morgan fingerprint density at radius 1 is 1.15 bits per heavy atom. The van der Waals surface area contributed by atoms with Gasteiger partial charge in [-0.1, -0.05) is 30.3 Å². The quantitative estimate of drug-likeness (QED) is 0.374. The second-order valence-electron chi connectivity index (χ2n) is 4.20. The highest BCUT2D eigenvalue weighted by Crippen LogP contribution is 2.04. The lowest BCUT2D eigenvalue weighted by molar-refractivity contribution is -0.158. The predicted molar refractivity (Wildman–Crippen MR) is 74.1 cm³/mol. The number of carbonyl (C=O) groups is 1. The molecule has 1 unspecified atom stereocenters. The predicted octanol–water partition coefficient (Wildman–Crippen LogP) is 2.15. The minimum atomic E-state index is -0.364. The smallest absolute Gasteiger partial charge is 0.304 e. The second-order valence-corrected chi connectivity index (χ2v) is 4.20. The van der Waals surface area contributed by atoms with Gasteiger partial charge < -0.3 is 18.9 Å². The number of hydrogen-bond acceptors (Lipinski definition) is 5. The summed E-state index contributed by atoms with van der Waals surface area (Å²) in [6, 6.07) is 9.89. The van der Waals surface area contributed by atoms with Crippen LogP contribution >= 0.6 is 0 Å². The molecule has 20 heavy (non-hydrogen) atoms. The van der Waals surface area contributed by atoms with Crippen LogP contribution in [-0.2, 0) is 30.3 Å². The van der Waals surface area contributed by atoms with Gasteiger partial charge in [0.25, 0.3) is 0 Å². The molecule has 5 heteroatoms. The molecule has 5 nitrogen and oxygen atoms in total. The zero-order valence-electron chi connectivity index (χ0n) is 12.0. The summed E-state index contributed by atoms with van der Waals surface area (Å²) in [6.07, 6.45) is -0.189. The van der Waals surface area contributed by atoms with Gasteiger partial charge in [-0.25, -0.2) is 0 Å². The van der Waals surface area contributed by atoms with E-state index in [9.17, 15) is 4.79 Å². The van der Waals surface area contributed by atoms with Crippen LogP contribution in [0.15, 0.2) is 30.3 Å². The third kappa shape index (κ3) is 7.89. The molecule has 1 aromatic rings. The van der Waals surface area contributed by atoms with Gasteiger partial charge in [0.15, 0.2) is 6.79 Å². The molecule has 0 saturated carbocycles. The lowest BCUT2D eigenvalue weighted by Crippen LogP contribution is -2.26. The summed E-state index contributed by atoms with van der Waals surface area (Å²) in [4.78, 5) is 10.6. The van der Waals surface area contributed by atoms with Gasteiger partial charge in [-0.3, -0.25) is 4.79 Å². The second kappa shape index (κ2) is 10.4. The van der Waals surface area contributed by atoms with Crippen LogP contribution in [0.5, 0.6) is 0 Å². The van der Waals surface area contributed by atoms with Crippen molar-refractivity contribution in [2.24, 2.45) is 0 Å². The van der Waals surface area contributed by atoms with Crippen LogP contribution in [0.1, 0.15) is 19.4 Å². The highest BCUT2D eigenvalue weighted by atomic mass is 16.7. The van der Waals surface area contributed by atoms with Gasteiger partial charge in [0, 0.05) is 13.5 Å². The van der Waals surface area contributed by atoms with Crippen LogP contribution in [0.25, 0.3) is 0 Å². The number of carbonyl (C=O) groups excluding carboxylic acids is 1. The summed E-state index contributed by atoms with van der Waals surface area (Å²) in [7, 11) is 0. The van der Waals surface area contributed by atoms with E-state index in [0.717, 1.165) is 5.56 Å². The maximum atomic E-state index is 10.6. The van der Waals surface area contributed by atoms with Gasteiger partial charge in [0.05, 0.1) is 19.8 Å². The summed E-state index contributed by atoms with van der Waals surface area (Å²) in [6.45, 7) is 5.09. The molecule has 0 aliphatic rings. The van der Waals surface area contributed by atoms with Crippen molar-refractivity contribution >= 4 is 5.97 Å². The van der Waals surface area contributed by atoms with E-state index in [2.05, 4.69) is 0 Å². The molecule has 0 radical (unpaired) electrons. The zero-order chi connectivity index (χ0) is 14.6. The fourth-order valence-electron chi connectivity index (χ4n) is 1.49. The normalized spacial score (nSPS) is 12.1. The van der Waals surface area contributed by atoms with Crippen molar-refractivity contribution in [1.82, 2.24) is 0 Å². The molecular formula is C15H22O5. The van der Waals surface area contributed by atoms with Crippen molar-refractivity contribution in [3.05, 3.63) is 35.9 Å². The van der Waals surface area contributed by atoms with Crippen LogP contribution in [0.4, 0.5) is 0 Å². The SMILES string of the molecule is CCOCC(COCOC(C)=O)OCc1ccccc1. The molecule has 0 aliphatic carbocycles. The van der Waals surface area contributed by atoms with Crippen LogP contribution in [0, 0.1) is 0 Å². The van der Waals surface area contributed by atoms with Gasteiger partial charge in [-0.05, 0) is 12.5 Å². The van der Waals surface area contributed by atoms with Crippen molar-refractivity contribution in [1.29, 1.82) is 0 Å². The molecule has 0 fully saturated rings. The van der Waals surface area contributed by atoms with E-state index in [0.29, 0.717) is 26.4 Å². The summed E-state index contributed by atoms with van der Waals surface area (Å²) >= 11 is 0. The highest BCUT2D eigenvalue weighted by molar-refractivity contribution is 5.65. The highest BCUT2D eigenvalue weighted by Gasteiger charge is 2.10.